The monoisotopic (exact) mass is 288 g/mol. The molecule has 0 amide bonds. The van der Waals surface area contributed by atoms with Gasteiger partial charge in [-0.2, -0.15) is 5.26 Å². The van der Waals surface area contributed by atoms with Gasteiger partial charge in [-0.3, -0.25) is 4.90 Å². The number of rotatable bonds is 6. The molecule has 0 aliphatic rings. The van der Waals surface area contributed by atoms with E-state index < -0.39 is 0 Å². The SMILES string of the molecule is CCN(Cc1ccc(F)cc1C#CCCO)CC(C)C#N. The molecule has 4 heteroatoms. The lowest BCUT2D eigenvalue weighted by atomic mass is 10.1. The summed E-state index contributed by atoms with van der Waals surface area (Å²) < 4.78 is 13.4. The molecule has 0 heterocycles. The van der Waals surface area contributed by atoms with Crippen molar-refractivity contribution in [3.05, 3.63) is 35.1 Å². The van der Waals surface area contributed by atoms with E-state index in [2.05, 4.69) is 22.8 Å². The van der Waals surface area contributed by atoms with E-state index in [0.717, 1.165) is 12.1 Å². The first kappa shape index (κ1) is 17.2. The van der Waals surface area contributed by atoms with Crippen LogP contribution in [-0.4, -0.2) is 29.7 Å². The third-order valence-electron chi connectivity index (χ3n) is 3.13. The highest BCUT2D eigenvalue weighted by Crippen LogP contribution is 2.14. The summed E-state index contributed by atoms with van der Waals surface area (Å²) in [6.07, 6.45) is 0.374. The molecular weight excluding hydrogens is 267 g/mol. The Kier molecular flexibility index (Phi) is 7.46. The van der Waals surface area contributed by atoms with Gasteiger partial charge in [0.2, 0.25) is 0 Å². The standard InChI is InChI=1S/C17H21FN2O/c1-3-20(12-14(2)11-19)13-16-7-8-17(18)10-15(16)6-4-5-9-21/h7-8,10,14,21H,3,5,9,12-13H2,1-2H3. The maximum absolute atomic E-state index is 13.4. The van der Waals surface area contributed by atoms with Crippen LogP contribution < -0.4 is 0 Å². The molecule has 1 aromatic carbocycles. The topological polar surface area (TPSA) is 47.3 Å². The second kappa shape index (κ2) is 9.13. The van der Waals surface area contributed by atoms with Gasteiger partial charge in [0, 0.05) is 25.1 Å². The van der Waals surface area contributed by atoms with Gasteiger partial charge < -0.3 is 5.11 Å². The van der Waals surface area contributed by atoms with Crippen LogP contribution in [0.4, 0.5) is 4.39 Å². The average molecular weight is 288 g/mol. The minimum Gasteiger partial charge on any atom is -0.395 e. The van der Waals surface area contributed by atoms with Crippen molar-refractivity contribution in [2.45, 2.75) is 26.8 Å². The van der Waals surface area contributed by atoms with Gasteiger partial charge in [-0.15, -0.1) is 0 Å². The molecule has 21 heavy (non-hydrogen) atoms. The molecule has 1 aromatic rings. The summed E-state index contributed by atoms with van der Waals surface area (Å²) in [5, 5.41) is 17.7. The van der Waals surface area contributed by atoms with Crippen LogP contribution in [0, 0.1) is 34.9 Å². The van der Waals surface area contributed by atoms with Crippen molar-refractivity contribution in [2.24, 2.45) is 5.92 Å². The van der Waals surface area contributed by atoms with Crippen molar-refractivity contribution in [3.8, 4) is 17.9 Å². The molecule has 1 atom stereocenters. The van der Waals surface area contributed by atoms with Gasteiger partial charge in [0.1, 0.15) is 5.82 Å². The maximum Gasteiger partial charge on any atom is 0.124 e. The lowest BCUT2D eigenvalue weighted by molar-refractivity contribution is 0.260. The number of halogens is 1. The number of aliphatic hydroxyl groups is 1. The third kappa shape index (κ3) is 5.95. The van der Waals surface area contributed by atoms with Crippen molar-refractivity contribution in [1.82, 2.24) is 4.90 Å². The first-order chi connectivity index (χ1) is 10.1. The van der Waals surface area contributed by atoms with Gasteiger partial charge in [-0.1, -0.05) is 24.8 Å². The smallest absolute Gasteiger partial charge is 0.124 e. The van der Waals surface area contributed by atoms with E-state index in [1.165, 1.54) is 12.1 Å². The number of nitrogens with zero attached hydrogens (tertiary/aromatic N) is 2. The molecule has 3 nitrogen and oxygen atoms in total. The number of benzene rings is 1. The largest absolute Gasteiger partial charge is 0.395 e. The van der Waals surface area contributed by atoms with Crippen LogP contribution in [0.3, 0.4) is 0 Å². The predicted octanol–water partition coefficient (Wildman–Crippen LogP) is 2.54. The minimum atomic E-state index is -0.319. The van der Waals surface area contributed by atoms with Gasteiger partial charge >= 0.3 is 0 Å². The van der Waals surface area contributed by atoms with Gasteiger partial charge in [-0.05, 0) is 31.2 Å². The number of hydrogen-bond acceptors (Lipinski definition) is 3. The highest BCUT2D eigenvalue weighted by molar-refractivity contribution is 5.41. The quantitative estimate of drug-likeness (QED) is 0.818. The van der Waals surface area contributed by atoms with Crippen molar-refractivity contribution in [1.29, 1.82) is 5.26 Å². The van der Waals surface area contributed by atoms with Crippen molar-refractivity contribution >= 4 is 0 Å². The summed E-state index contributed by atoms with van der Waals surface area (Å²) >= 11 is 0. The number of hydrogen-bond donors (Lipinski definition) is 1. The average Bonchev–Trinajstić information content (AvgIpc) is 2.48. The van der Waals surface area contributed by atoms with E-state index in [0.29, 0.717) is 25.1 Å². The Morgan fingerprint density at radius 2 is 2.19 bits per heavy atom. The first-order valence-corrected chi connectivity index (χ1v) is 7.10. The summed E-state index contributed by atoms with van der Waals surface area (Å²) in [6.45, 7) is 6.03. The Labute approximate surface area is 126 Å². The Balaban J connectivity index is 2.91. The summed E-state index contributed by atoms with van der Waals surface area (Å²) in [5.74, 6) is 5.37. The maximum atomic E-state index is 13.4. The van der Waals surface area contributed by atoms with Crippen LogP contribution in [-0.2, 0) is 6.54 Å². The zero-order chi connectivity index (χ0) is 15.7. The van der Waals surface area contributed by atoms with E-state index in [9.17, 15) is 4.39 Å². The molecule has 112 valence electrons. The zero-order valence-electron chi connectivity index (χ0n) is 12.6. The van der Waals surface area contributed by atoms with Gasteiger partial charge in [0.25, 0.3) is 0 Å². The summed E-state index contributed by atoms with van der Waals surface area (Å²) in [6, 6.07) is 6.80. The molecule has 0 spiro atoms. The molecule has 0 radical (unpaired) electrons. The highest BCUT2D eigenvalue weighted by atomic mass is 19.1. The van der Waals surface area contributed by atoms with E-state index in [-0.39, 0.29) is 18.3 Å². The van der Waals surface area contributed by atoms with Crippen molar-refractivity contribution < 1.29 is 9.50 Å². The molecule has 1 N–H and O–H groups in total. The fourth-order valence-electron chi connectivity index (χ4n) is 1.99. The highest BCUT2D eigenvalue weighted by Gasteiger charge is 2.11. The predicted molar refractivity (Wildman–Crippen MR) is 80.7 cm³/mol. The molecule has 0 aliphatic heterocycles. The molecule has 1 unspecified atom stereocenters. The third-order valence-corrected chi connectivity index (χ3v) is 3.13. The molecule has 0 saturated carbocycles. The second-order valence-corrected chi connectivity index (χ2v) is 4.93. The van der Waals surface area contributed by atoms with E-state index in [1.807, 2.05) is 13.8 Å². The van der Waals surface area contributed by atoms with Gasteiger partial charge in [0.15, 0.2) is 0 Å². The molecule has 1 rings (SSSR count). The Bertz CT molecular complexity index is 554. The lowest BCUT2D eigenvalue weighted by Gasteiger charge is -2.22. The Morgan fingerprint density at radius 1 is 1.43 bits per heavy atom. The molecule has 0 aliphatic carbocycles. The number of nitriles is 1. The first-order valence-electron chi connectivity index (χ1n) is 7.10. The Hall–Kier alpha value is -1.88. The van der Waals surface area contributed by atoms with Crippen LogP contribution in [0.2, 0.25) is 0 Å². The van der Waals surface area contributed by atoms with E-state index in [1.54, 1.807) is 6.07 Å². The zero-order valence-corrected chi connectivity index (χ0v) is 12.6. The second-order valence-electron chi connectivity index (χ2n) is 4.93. The van der Waals surface area contributed by atoms with Crippen molar-refractivity contribution in [3.63, 3.8) is 0 Å². The fourth-order valence-corrected chi connectivity index (χ4v) is 1.99. The van der Waals surface area contributed by atoms with Crippen LogP contribution in [0.5, 0.6) is 0 Å². The van der Waals surface area contributed by atoms with Crippen LogP contribution in [0.25, 0.3) is 0 Å². The molecular formula is C17H21FN2O. The van der Waals surface area contributed by atoms with Crippen LogP contribution in [0.15, 0.2) is 18.2 Å². The summed E-state index contributed by atoms with van der Waals surface area (Å²) in [5.41, 5.74) is 1.58. The summed E-state index contributed by atoms with van der Waals surface area (Å²) in [7, 11) is 0. The normalized spacial score (nSPS) is 11.6. The van der Waals surface area contributed by atoms with Crippen LogP contribution in [0.1, 0.15) is 31.4 Å². The van der Waals surface area contributed by atoms with Crippen LogP contribution >= 0.6 is 0 Å². The summed E-state index contributed by atoms with van der Waals surface area (Å²) in [4.78, 5) is 2.14. The van der Waals surface area contributed by atoms with Gasteiger partial charge in [-0.25, -0.2) is 4.39 Å². The lowest BCUT2D eigenvalue weighted by Crippen LogP contribution is -2.27. The molecule has 0 fully saturated rings. The van der Waals surface area contributed by atoms with E-state index >= 15 is 0 Å². The van der Waals surface area contributed by atoms with E-state index in [4.69, 9.17) is 10.4 Å². The molecule has 0 saturated heterocycles. The number of aliphatic hydroxyl groups excluding tert-OH is 1. The molecule has 0 bridgehead atoms. The van der Waals surface area contributed by atoms with Crippen molar-refractivity contribution in [2.75, 3.05) is 19.7 Å². The Morgan fingerprint density at radius 3 is 2.81 bits per heavy atom. The van der Waals surface area contributed by atoms with Gasteiger partial charge in [0.05, 0.1) is 18.6 Å². The fraction of sp³-hybridized carbons (Fsp3) is 0.471. The minimum absolute atomic E-state index is 0.00157. The molecule has 0 aromatic heterocycles.